The van der Waals surface area contributed by atoms with E-state index in [2.05, 4.69) is 9.68 Å². The number of para-hydroxylation sites is 1. The van der Waals surface area contributed by atoms with Crippen LogP contribution in [0, 0.1) is 12.7 Å². The van der Waals surface area contributed by atoms with Crippen LogP contribution in [-0.4, -0.2) is 16.7 Å². The number of anilines is 1. The Balaban J connectivity index is 2.25. The summed E-state index contributed by atoms with van der Waals surface area (Å²) in [4.78, 5) is 0. The van der Waals surface area contributed by atoms with Crippen LogP contribution in [0.1, 0.15) is 11.1 Å². The number of benzene rings is 2. The van der Waals surface area contributed by atoms with Gasteiger partial charge in [-0.15, -0.1) is 0 Å². The van der Waals surface area contributed by atoms with Crippen molar-refractivity contribution in [1.82, 2.24) is 0 Å². The molecule has 2 rings (SSSR count). The van der Waals surface area contributed by atoms with E-state index in [0.29, 0.717) is 12.2 Å². The summed E-state index contributed by atoms with van der Waals surface area (Å²) in [6, 6.07) is 12.1. The van der Waals surface area contributed by atoms with E-state index in [0.717, 1.165) is 16.8 Å². The molecule has 0 atom stereocenters. The Morgan fingerprint density at radius 1 is 1.19 bits per heavy atom. The van der Waals surface area contributed by atoms with Gasteiger partial charge in [0, 0.05) is 28.8 Å². The molecule has 21 heavy (non-hydrogen) atoms. The molecule has 0 aliphatic heterocycles. The van der Waals surface area contributed by atoms with Crippen LogP contribution in [0.25, 0.3) is 0 Å². The normalized spacial score (nSPS) is 11.2. The molecule has 0 aromatic heterocycles. The minimum atomic E-state index is -2.22. The van der Waals surface area contributed by atoms with Gasteiger partial charge in [-0.05, 0) is 42.3 Å². The SMILES string of the molecule is Cc1ccc(F)cc1CNc1ccccc1N=S(C)(C)=O. The van der Waals surface area contributed by atoms with Gasteiger partial charge in [0.05, 0.1) is 11.4 Å². The van der Waals surface area contributed by atoms with Crippen LogP contribution in [0.5, 0.6) is 0 Å². The van der Waals surface area contributed by atoms with Gasteiger partial charge in [-0.25, -0.2) is 8.60 Å². The third kappa shape index (κ3) is 4.56. The lowest BCUT2D eigenvalue weighted by molar-refractivity contribution is 0.625. The number of nitrogens with zero attached hydrogens (tertiary/aromatic N) is 1. The van der Waals surface area contributed by atoms with Gasteiger partial charge in [0.2, 0.25) is 0 Å². The zero-order valence-electron chi connectivity index (χ0n) is 12.4. The van der Waals surface area contributed by atoms with Crippen molar-refractivity contribution in [1.29, 1.82) is 0 Å². The molecule has 112 valence electrons. The molecule has 0 aliphatic rings. The van der Waals surface area contributed by atoms with Crippen molar-refractivity contribution in [3.63, 3.8) is 0 Å². The second kappa shape index (κ2) is 6.26. The first kappa shape index (κ1) is 15.5. The van der Waals surface area contributed by atoms with Gasteiger partial charge < -0.3 is 5.32 Å². The summed E-state index contributed by atoms with van der Waals surface area (Å²) in [6.07, 6.45) is 3.20. The zero-order valence-corrected chi connectivity index (χ0v) is 13.2. The summed E-state index contributed by atoms with van der Waals surface area (Å²) in [5.41, 5.74) is 3.35. The number of halogens is 1. The number of aryl methyl sites for hydroxylation is 1. The van der Waals surface area contributed by atoms with E-state index >= 15 is 0 Å². The average Bonchev–Trinajstić information content (AvgIpc) is 2.39. The Hall–Kier alpha value is -1.88. The molecule has 5 heteroatoms. The number of nitrogens with one attached hydrogen (secondary N) is 1. The summed E-state index contributed by atoms with van der Waals surface area (Å²) in [5.74, 6) is -0.250. The van der Waals surface area contributed by atoms with Crippen molar-refractivity contribution in [2.24, 2.45) is 4.36 Å². The molecular weight excluding hydrogens is 287 g/mol. The molecule has 0 heterocycles. The quantitative estimate of drug-likeness (QED) is 0.923. The molecule has 0 bridgehead atoms. The van der Waals surface area contributed by atoms with Crippen LogP contribution >= 0.6 is 0 Å². The monoisotopic (exact) mass is 306 g/mol. The molecule has 2 aromatic rings. The highest BCUT2D eigenvalue weighted by Crippen LogP contribution is 2.26. The molecular formula is C16H19FN2OS. The van der Waals surface area contributed by atoms with E-state index in [-0.39, 0.29) is 5.82 Å². The maximum atomic E-state index is 13.3. The van der Waals surface area contributed by atoms with E-state index in [1.165, 1.54) is 12.1 Å². The maximum Gasteiger partial charge on any atom is 0.123 e. The van der Waals surface area contributed by atoms with Crippen LogP contribution in [0.4, 0.5) is 15.8 Å². The van der Waals surface area contributed by atoms with E-state index in [1.54, 1.807) is 18.6 Å². The van der Waals surface area contributed by atoms with Crippen LogP contribution in [0.15, 0.2) is 46.8 Å². The molecule has 0 amide bonds. The molecule has 2 aromatic carbocycles. The Kier molecular flexibility index (Phi) is 4.63. The van der Waals surface area contributed by atoms with Crippen molar-refractivity contribution >= 4 is 21.1 Å². The fourth-order valence-corrected chi connectivity index (χ4v) is 2.59. The lowest BCUT2D eigenvalue weighted by atomic mass is 10.1. The highest BCUT2D eigenvalue weighted by atomic mass is 32.2. The average molecular weight is 306 g/mol. The molecule has 0 unspecified atom stereocenters. The molecule has 0 fully saturated rings. The fraction of sp³-hybridized carbons (Fsp3) is 0.250. The van der Waals surface area contributed by atoms with Gasteiger partial charge in [-0.1, -0.05) is 18.2 Å². The van der Waals surface area contributed by atoms with E-state index in [1.807, 2.05) is 31.2 Å². The Morgan fingerprint density at radius 2 is 1.90 bits per heavy atom. The fourth-order valence-electron chi connectivity index (χ4n) is 1.96. The maximum absolute atomic E-state index is 13.3. The predicted molar refractivity (Wildman–Crippen MR) is 87.0 cm³/mol. The second-order valence-electron chi connectivity index (χ2n) is 5.21. The van der Waals surface area contributed by atoms with Gasteiger partial charge in [0.15, 0.2) is 0 Å². The number of hydrogen-bond acceptors (Lipinski definition) is 3. The van der Waals surface area contributed by atoms with Crippen LogP contribution in [0.3, 0.4) is 0 Å². The minimum Gasteiger partial charge on any atom is -0.379 e. The standard InChI is InChI=1S/C16H19FN2OS/c1-12-8-9-14(17)10-13(12)11-18-15-6-4-5-7-16(15)19-21(2,3)20/h4-10,18H,11H2,1-3H3. The minimum absolute atomic E-state index is 0.250. The largest absolute Gasteiger partial charge is 0.379 e. The van der Waals surface area contributed by atoms with Crippen molar-refractivity contribution in [3.05, 3.63) is 59.4 Å². The molecule has 1 N–H and O–H groups in total. The molecule has 0 saturated heterocycles. The first-order valence-electron chi connectivity index (χ1n) is 6.60. The Labute approximate surface area is 125 Å². The molecule has 0 saturated carbocycles. The predicted octanol–water partition coefficient (Wildman–Crippen LogP) is 4.11. The Bertz CT molecular complexity index is 757. The summed E-state index contributed by atoms with van der Waals surface area (Å²) in [6.45, 7) is 2.43. The molecule has 3 nitrogen and oxygen atoms in total. The second-order valence-corrected chi connectivity index (χ2v) is 7.76. The molecule has 0 aliphatic carbocycles. The third-order valence-corrected chi connectivity index (χ3v) is 3.64. The first-order chi connectivity index (χ1) is 9.85. The lowest BCUT2D eigenvalue weighted by Gasteiger charge is -2.11. The van der Waals surface area contributed by atoms with Crippen molar-refractivity contribution in [2.45, 2.75) is 13.5 Å². The summed E-state index contributed by atoms with van der Waals surface area (Å²) in [5, 5.41) is 3.23. The summed E-state index contributed by atoms with van der Waals surface area (Å²) in [7, 11) is -2.22. The van der Waals surface area contributed by atoms with Gasteiger partial charge in [0.25, 0.3) is 0 Å². The molecule has 0 spiro atoms. The van der Waals surface area contributed by atoms with E-state index < -0.39 is 9.73 Å². The summed E-state index contributed by atoms with van der Waals surface area (Å²) >= 11 is 0. The number of hydrogen-bond donors (Lipinski definition) is 1. The van der Waals surface area contributed by atoms with Crippen molar-refractivity contribution < 1.29 is 8.60 Å². The highest BCUT2D eigenvalue weighted by molar-refractivity contribution is 7.92. The van der Waals surface area contributed by atoms with Crippen LogP contribution in [-0.2, 0) is 16.3 Å². The zero-order chi connectivity index (χ0) is 15.5. The summed E-state index contributed by atoms with van der Waals surface area (Å²) < 4.78 is 29.4. The van der Waals surface area contributed by atoms with E-state index in [9.17, 15) is 8.60 Å². The highest BCUT2D eigenvalue weighted by Gasteiger charge is 2.04. The van der Waals surface area contributed by atoms with Gasteiger partial charge in [-0.3, -0.25) is 0 Å². The Morgan fingerprint density at radius 3 is 2.62 bits per heavy atom. The third-order valence-electron chi connectivity index (χ3n) is 3.00. The van der Waals surface area contributed by atoms with Gasteiger partial charge >= 0.3 is 0 Å². The molecule has 0 radical (unpaired) electrons. The lowest BCUT2D eigenvalue weighted by Crippen LogP contribution is -2.02. The number of rotatable bonds is 4. The van der Waals surface area contributed by atoms with Gasteiger partial charge in [0.1, 0.15) is 5.82 Å². The topological polar surface area (TPSA) is 41.5 Å². The first-order valence-corrected chi connectivity index (χ1v) is 8.93. The van der Waals surface area contributed by atoms with Crippen molar-refractivity contribution in [2.75, 3.05) is 17.8 Å². The van der Waals surface area contributed by atoms with Crippen molar-refractivity contribution in [3.8, 4) is 0 Å². The van der Waals surface area contributed by atoms with Gasteiger partial charge in [-0.2, -0.15) is 4.36 Å². The smallest absolute Gasteiger partial charge is 0.123 e. The van der Waals surface area contributed by atoms with E-state index in [4.69, 9.17) is 0 Å². The van der Waals surface area contributed by atoms with Crippen LogP contribution in [0.2, 0.25) is 0 Å². The van der Waals surface area contributed by atoms with Crippen LogP contribution < -0.4 is 5.32 Å².